The molecule has 7 nitrogen and oxygen atoms in total. The van der Waals surface area contributed by atoms with Crippen LogP contribution in [0.5, 0.6) is 0 Å². The lowest BCUT2D eigenvalue weighted by Crippen LogP contribution is -2.33. The molecule has 0 unspecified atom stereocenters. The molecule has 0 N–H and O–H groups in total. The molecule has 4 rings (SSSR count). The number of hydrogen-bond donors (Lipinski definition) is 0. The van der Waals surface area contributed by atoms with Gasteiger partial charge in [0.1, 0.15) is 11.6 Å². The summed E-state index contributed by atoms with van der Waals surface area (Å²) >= 11 is 0. The Morgan fingerprint density at radius 1 is 1.17 bits per heavy atom. The van der Waals surface area contributed by atoms with Crippen molar-refractivity contribution in [3.8, 4) is 0 Å². The SMILES string of the molecule is CCCc1nc(CN2CCC(c3nnc4n3CCC4)CC2)no1. The zero-order chi connectivity index (χ0) is 15.6. The van der Waals surface area contributed by atoms with Gasteiger partial charge in [0, 0.05) is 25.3 Å². The zero-order valence-electron chi connectivity index (χ0n) is 13.7. The van der Waals surface area contributed by atoms with E-state index in [0.717, 1.165) is 70.0 Å². The summed E-state index contributed by atoms with van der Waals surface area (Å²) < 4.78 is 7.61. The normalized spacial score (nSPS) is 19.3. The number of hydrogen-bond acceptors (Lipinski definition) is 6. The van der Waals surface area contributed by atoms with Crippen molar-refractivity contribution < 1.29 is 4.52 Å². The molecule has 7 heteroatoms. The third kappa shape index (κ3) is 3.02. The number of rotatable bonds is 5. The molecular weight excluding hydrogens is 292 g/mol. The summed E-state index contributed by atoms with van der Waals surface area (Å²) in [6.07, 6.45) is 6.48. The Morgan fingerprint density at radius 3 is 2.87 bits per heavy atom. The fraction of sp³-hybridized carbons (Fsp3) is 0.750. The number of piperidine rings is 1. The number of aromatic nitrogens is 5. The molecule has 23 heavy (non-hydrogen) atoms. The molecule has 0 aliphatic carbocycles. The first-order chi connectivity index (χ1) is 11.3. The number of nitrogens with zero attached hydrogens (tertiary/aromatic N) is 6. The molecule has 2 aliphatic heterocycles. The fourth-order valence-corrected chi connectivity index (χ4v) is 3.69. The van der Waals surface area contributed by atoms with Gasteiger partial charge in [-0.2, -0.15) is 4.98 Å². The van der Waals surface area contributed by atoms with Crippen molar-refractivity contribution in [2.45, 2.75) is 64.5 Å². The molecule has 0 spiro atoms. The first kappa shape index (κ1) is 14.8. The average Bonchev–Trinajstić information content (AvgIpc) is 3.25. The molecule has 2 aliphatic rings. The topological polar surface area (TPSA) is 72.9 Å². The second-order valence-corrected chi connectivity index (χ2v) is 6.63. The predicted molar refractivity (Wildman–Crippen MR) is 83.9 cm³/mol. The summed E-state index contributed by atoms with van der Waals surface area (Å²) in [5.74, 6) is 4.51. The van der Waals surface area contributed by atoms with Gasteiger partial charge in [-0.05, 0) is 38.8 Å². The third-order valence-corrected chi connectivity index (χ3v) is 4.93. The largest absolute Gasteiger partial charge is 0.339 e. The van der Waals surface area contributed by atoms with Crippen molar-refractivity contribution in [3.05, 3.63) is 23.4 Å². The van der Waals surface area contributed by atoms with Gasteiger partial charge in [-0.1, -0.05) is 12.1 Å². The minimum Gasteiger partial charge on any atom is -0.339 e. The van der Waals surface area contributed by atoms with Crippen molar-refractivity contribution in [1.29, 1.82) is 0 Å². The summed E-state index contributed by atoms with van der Waals surface area (Å²) in [7, 11) is 0. The van der Waals surface area contributed by atoms with E-state index < -0.39 is 0 Å². The van der Waals surface area contributed by atoms with Gasteiger partial charge in [-0.15, -0.1) is 10.2 Å². The highest BCUT2D eigenvalue weighted by Gasteiger charge is 2.28. The standard InChI is InChI=1S/C16H24N6O/c1-2-4-15-17-13(20-23-15)11-21-9-6-12(7-10-21)16-19-18-14-5-3-8-22(14)16/h12H,2-11H2,1H3. The lowest BCUT2D eigenvalue weighted by molar-refractivity contribution is 0.193. The molecule has 2 aromatic rings. The maximum absolute atomic E-state index is 5.27. The molecule has 2 aromatic heterocycles. The van der Waals surface area contributed by atoms with E-state index in [1.54, 1.807) is 0 Å². The van der Waals surface area contributed by atoms with Crippen LogP contribution in [-0.2, 0) is 25.9 Å². The van der Waals surface area contributed by atoms with E-state index in [4.69, 9.17) is 4.52 Å². The van der Waals surface area contributed by atoms with Crippen LogP contribution in [0.2, 0.25) is 0 Å². The Morgan fingerprint density at radius 2 is 2.04 bits per heavy atom. The Labute approximate surface area is 136 Å². The highest BCUT2D eigenvalue weighted by Crippen LogP contribution is 2.29. The summed E-state index contributed by atoms with van der Waals surface area (Å²) in [4.78, 5) is 6.88. The van der Waals surface area contributed by atoms with Gasteiger partial charge < -0.3 is 9.09 Å². The van der Waals surface area contributed by atoms with E-state index >= 15 is 0 Å². The Kier molecular flexibility index (Phi) is 4.11. The Balaban J connectivity index is 1.33. The summed E-state index contributed by atoms with van der Waals surface area (Å²) in [5, 5.41) is 12.9. The van der Waals surface area contributed by atoms with Crippen LogP contribution in [0.3, 0.4) is 0 Å². The first-order valence-electron chi connectivity index (χ1n) is 8.79. The van der Waals surface area contributed by atoms with E-state index in [1.165, 1.54) is 18.1 Å². The maximum atomic E-state index is 5.27. The number of likely N-dealkylation sites (tertiary alicyclic amines) is 1. The minimum atomic E-state index is 0.548. The van der Waals surface area contributed by atoms with Gasteiger partial charge >= 0.3 is 0 Å². The Hall–Kier alpha value is -1.76. The average molecular weight is 316 g/mol. The highest BCUT2D eigenvalue weighted by atomic mass is 16.5. The second-order valence-electron chi connectivity index (χ2n) is 6.63. The van der Waals surface area contributed by atoms with Crippen LogP contribution in [0.25, 0.3) is 0 Å². The second kappa shape index (κ2) is 6.39. The van der Waals surface area contributed by atoms with Gasteiger partial charge in [0.2, 0.25) is 5.89 Å². The fourth-order valence-electron chi connectivity index (χ4n) is 3.69. The van der Waals surface area contributed by atoms with Crippen molar-refractivity contribution in [1.82, 2.24) is 29.8 Å². The van der Waals surface area contributed by atoms with Gasteiger partial charge in [0.05, 0.1) is 6.54 Å². The van der Waals surface area contributed by atoms with E-state index in [1.807, 2.05) is 0 Å². The van der Waals surface area contributed by atoms with Crippen LogP contribution < -0.4 is 0 Å². The summed E-state index contributed by atoms with van der Waals surface area (Å²) in [6.45, 7) is 6.13. The molecular formula is C16H24N6O. The van der Waals surface area contributed by atoms with Crippen LogP contribution in [-0.4, -0.2) is 42.9 Å². The Bertz CT molecular complexity index is 655. The van der Waals surface area contributed by atoms with Crippen molar-refractivity contribution in [2.75, 3.05) is 13.1 Å². The molecule has 0 bridgehead atoms. The number of aryl methyl sites for hydroxylation is 2. The molecule has 0 aromatic carbocycles. The lowest BCUT2D eigenvalue weighted by Gasteiger charge is -2.30. The number of fused-ring (bicyclic) bond motifs is 1. The molecule has 0 saturated carbocycles. The van der Waals surface area contributed by atoms with Crippen LogP contribution in [0.15, 0.2) is 4.52 Å². The van der Waals surface area contributed by atoms with Crippen LogP contribution in [0, 0.1) is 0 Å². The van der Waals surface area contributed by atoms with Crippen molar-refractivity contribution in [3.63, 3.8) is 0 Å². The van der Waals surface area contributed by atoms with Gasteiger partial charge in [-0.25, -0.2) is 0 Å². The predicted octanol–water partition coefficient (Wildman–Crippen LogP) is 1.94. The summed E-state index contributed by atoms with van der Waals surface area (Å²) in [6, 6.07) is 0. The smallest absolute Gasteiger partial charge is 0.226 e. The first-order valence-corrected chi connectivity index (χ1v) is 8.79. The highest BCUT2D eigenvalue weighted by molar-refractivity contribution is 5.07. The molecule has 0 radical (unpaired) electrons. The molecule has 1 saturated heterocycles. The van der Waals surface area contributed by atoms with E-state index in [2.05, 4.69) is 36.7 Å². The van der Waals surface area contributed by atoms with Crippen LogP contribution in [0.1, 0.15) is 61.9 Å². The van der Waals surface area contributed by atoms with Gasteiger partial charge in [0.25, 0.3) is 0 Å². The van der Waals surface area contributed by atoms with E-state index in [0.29, 0.717) is 5.92 Å². The van der Waals surface area contributed by atoms with Crippen molar-refractivity contribution in [2.24, 2.45) is 0 Å². The van der Waals surface area contributed by atoms with Gasteiger partial charge in [-0.3, -0.25) is 4.90 Å². The maximum Gasteiger partial charge on any atom is 0.226 e. The molecule has 1 fully saturated rings. The molecule has 124 valence electrons. The van der Waals surface area contributed by atoms with Crippen LogP contribution in [0.4, 0.5) is 0 Å². The quantitative estimate of drug-likeness (QED) is 0.839. The monoisotopic (exact) mass is 316 g/mol. The van der Waals surface area contributed by atoms with E-state index in [9.17, 15) is 0 Å². The van der Waals surface area contributed by atoms with Crippen molar-refractivity contribution >= 4 is 0 Å². The molecule has 4 heterocycles. The lowest BCUT2D eigenvalue weighted by atomic mass is 9.96. The zero-order valence-corrected chi connectivity index (χ0v) is 13.7. The van der Waals surface area contributed by atoms with Crippen LogP contribution >= 0.6 is 0 Å². The molecule has 0 atom stereocenters. The third-order valence-electron chi connectivity index (χ3n) is 4.93. The van der Waals surface area contributed by atoms with E-state index in [-0.39, 0.29) is 0 Å². The minimum absolute atomic E-state index is 0.548. The van der Waals surface area contributed by atoms with Gasteiger partial charge in [0.15, 0.2) is 5.82 Å². The summed E-state index contributed by atoms with van der Waals surface area (Å²) in [5.41, 5.74) is 0. The molecule has 0 amide bonds.